The molecule has 104 valence electrons. The van der Waals surface area contributed by atoms with E-state index in [4.69, 9.17) is 10.5 Å². The van der Waals surface area contributed by atoms with E-state index in [2.05, 4.69) is 10.2 Å². The van der Waals surface area contributed by atoms with Crippen LogP contribution in [0, 0.1) is 0 Å². The smallest absolute Gasteiger partial charge is 0.274 e. The van der Waals surface area contributed by atoms with E-state index >= 15 is 0 Å². The van der Waals surface area contributed by atoms with Crippen molar-refractivity contribution in [1.82, 2.24) is 15.1 Å². The van der Waals surface area contributed by atoms with E-state index in [0.29, 0.717) is 6.54 Å². The SMILES string of the molecule is COc1ccccc1CN(C)C(=O)c1ccc(N)nn1. The molecule has 1 aromatic carbocycles. The topological polar surface area (TPSA) is 81.3 Å². The van der Waals surface area contributed by atoms with Gasteiger partial charge < -0.3 is 15.4 Å². The highest BCUT2D eigenvalue weighted by molar-refractivity contribution is 5.92. The number of para-hydroxylation sites is 1. The van der Waals surface area contributed by atoms with Crippen molar-refractivity contribution in [3.8, 4) is 5.75 Å². The molecule has 0 bridgehead atoms. The first-order valence-corrected chi connectivity index (χ1v) is 6.08. The lowest BCUT2D eigenvalue weighted by Crippen LogP contribution is -2.27. The third kappa shape index (κ3) is 3.03. The summed E-state index contributed by atoms with van der Waals surface area (Å²) in [5, 5.41) is 7.46. The average molecular weight is 272 g/mol. The lowest BCUT2D eigenvalue weighted by Gasteiger charge is -2.18. The van der Waals surface area contributed by atoms with Gasteiger partial charge in [0.1, 0.15) is 11.6 Å². The summed E-state index contributed by atoms with van der Waals surface area (Å²) in [6.07, 6.45) is 0. The van der Waals surface area contributed by atoms with Gasteiger partial charge in [-0.2, -0.15) is 0 Å². The molecule has 0 aliphatic heterocycles. The van der Waals surface area contributed by atoms with Gasteiger partial charge in [0, 0.05) is 19.2 Å². The Morgan fingerprint density at radius 3 is 2.65 bits per heavy atom. The van der Waals surface area contributed by atoms with E-state index in [9.17, 15) is 4.79 Å². The summed E-state index contributed by atoms with van der Waals surface area (Å²) in [6.45, 7) is 0.425. The van der Waals surface area contributed by atoms with Crippen LogP contribution in [0.1, 0.15) is 16.1 Å². The number of amides is 1. The molecule has 0 radical (unpaired) electrons. The van der Waals surface area contributed by atoms with Crippen LogP contribution in [0.5, 0.6) is 5.75 Å². The lowest BCUT2D eigenvalue weighted by atomic mass is 10.2. The fourth-order valence-corrected chi connectivity index (χ4v) is 1.81. The summed E-state index contributed by atoms with van der Waals surface area (Å²) < 4.78 is 5.26. The van der Waals surface area contributed by atoms with Gasteiger partial charge in [0.05, 0.1) is 7.11 Å². The molecule has 0 saturated heterocycles. The summed E-state index contributed by atoms with van der Waals surface area (Å²) in [5.74, 6) is 0.813. The second-order valence-electron chi connectivity index (χ2n) is 4.32. The monoisotopic (exact) mass is 272 g/mol. The van der Waals surface area contributed by atoms with E-state index in [0.717, 1.165) is 11.3 Å². The van der Waals surface area contributed by atoms with Gasteiger partial charge in [-0.15, -0.1) is 10.2 Å². The molecule has 0 spiro atoms. The minimum absolute atomic E-state index is 0.219. The summed E-state index contributed by atoms with van der Waals surface area (Å²) in [7, 11) is 3.30. The molecular formula is C14H16N4O2. The molecule has 0 unspecified atom stereocenters. The summed E-state index contributed by atoms with van der Waals surface area (Å²) in [5.41, 5.74) is 6.64. The quantitative estimate of drug-likeness (QED) is 0.908. The van der Waals surface area contributed by atoms with Crippen molar-refractivity contribution in [1.29, 1.82) is 0 Å². The lowest BCUT2D eigenvalue weighted by molar-refractivity contribution is 0.0777. The van der Waals surface area contributed by atoms with Gasteiger partial charge in [0.15, 0.2) is 5.69 Å². The molecule has 0 aliphatic carbocycles. The average Bonchev–Trinajstić information content (AvgIpc) is 2.48. The molecule has 20 heavy (non-hydrogen) atoms. The molecule has 1 heterocycles. The van der Waals surface area contributed by atoms with Gasteiger partial charge in [-0.3, -0.25) is 4.79 Å². The van der Waals surface area contributed by atoms with E-state index < -0.39 is 0 Å². The Morgan fingerprint density at radius 2 is 2.00 bits per heavy atom. The van der Waals surface area contributed by atoms with Crippen molar-refractivity contribution in [2.24, 2.45) is 0 Å². The van der Waals surface area contributed by atoms with Crippen molar-refractivity contribution in [3.63, 3.8) is 0 Å². The fourth-order valence-electron chi connectivity index (χ4n) is 1.81. The van der Waals surface area contributed by atoms with E-state index in [-0.39, 0.29) is 17.4 Å². The maximum atomic E-state index is 12.2. The van der Waals surface area contributed by atoms with Gasteiger partial charge in [0.25, 0.3) is 5.91 Å². The Kier molecular flexibility index (Phi) is 4.14. The molecular weight excluding hydrogens is 256 g/mol. The van der Waals surface area contributed by atoms with Crippen molar-refractivity contribution >= 4 is 11.7 Å². The largest absolute Gasteiger partial charge is 0.496 e. The Morgan fingerprint density at radius 1 is 1.25 bits per heavy atom. The van der Waals surface area contributed by atoms with Crippen LogP contribution in [-0.2, 0) is 6.54 Å². The van der Waals surface area contributed by atoms with Crippen LogP contribution in [0.4, 0.5) is 5.82 Å². The van der Waals surface area contributed by atoms with Crippen LogP contribution in [0.2, 0.25) is 0 Å². The first-order valence-electron chi connectivity index (χ1n) is 6.08. The standard InChI is InChI=1S/C14H16N4O2/c1-18(9-10-5-3-4-6-12(10)20-2)14(19)11-7-8-13(15)17-16-11/h3-8H,9H2,1-2H3,(H2,15,17). The Bertz CT molecular complexity index is 598. The normalized spacial score (nSPS) is 10.1. The van der Waals surface area contributed by atoms with Gasteiger partial charge in [0.2, 0.25) is 0 Å². The van der Waals surface area contributed by atoms with Crippen LogP contribution in [0.15, 0.2) is 36.4 Å². The molecule has 1 aromatic heterocycles. The van der Waals surface area contributed by atoms with E-state index in [1.54, 1.807) is 31.2 Å². The molecule has 0 aliphatic rings. The number of anilines is 1. The summed E-state index contributed by atoms with van der Waals surface area (Å²) in [6, 6.07) is 10.7. The minimum Gasteiger partial charge on any atom is -0.496 e. The number of carbonyl (C=O) groups excluding carboxylic acids is 1. The van der Waals surface area contributed by atoms with Crippen molar-refractivity contribution < 1.29 is 9.53 Å². The highest BCUT2D eigenvalue weighted by Crippen LogP contribution is 2.19. The van der Waals surface area contributed by atoms with Crippen LogP contribution in [0.25, 0.3) is 0 Å². The van der Waals surface area contributed by atoms with Crippen molar-refractivity contribution in [2.75, 3.05) is 19.9 Å². The van der Waals surface area contributed by atoms with Crippen molar-refractivity contribution in [2.45, 2.75) is 6.54 Å². The number of hydrogen-bond donors (Lipinski definition) is 1. The van der Waals surface area contributed by atoms with Crippen LogP contribution < -0.4 is 10.5 Å². The third-order valence-electron chi connectivity index (χ3n) is 2.85. The maximum Gasteiger partial charge on any atom is 0.274 e. The highest BCUT2D eigenvalue weighted by Gasteiger charge is 2.15. The Labute approximate surface area is 117 Å². The van der Waals surface area contributed by atoms with Gasteiger partial charge in [-0.05, 0) is 18.2 Å². The number of ether oxygens (including phenoxy) is 1. The Hall–Kier alpha value is -2.63. The number of nitrogen functional groups attached to an aromatic ring is 1. The number of benzene rings is 1. The second-order valence-corrected chi connectivity index (χ2v) is 4.32. The molecule has 6 heteroatoms. The first kappa shape index (κ1) is 13.8. The highest BCUT2D eigenvalue weighted by atomic mass is 16.5. The van der Waals surface area contributed by atoms with E-state index in [1.165, 1.54) is 0 Å². The number of methoxy groups -OCH3 is 1. The van der Waals surface area contributed by atoms with Gasteiger partial charge >= 0.3 is 0 Å². The number of carbonyl (C=O) groups is 1. The van der Waals surface area contributed by atoms with E-state index in [1.807, 2.05) is 24.3 Å². The van der Waals surface area contributed by atoms with Crippen molar-refractivity contribution in [3.05, 3.63) is 47.7 Å². The molecule has 1 amide bonds. The predicted molar refractivity (Wildman–Crippen MR) is 75.2 cm³/mol. The molecule has 0 saturated carbocycles. The molecule has 0 atom stereocenters. The fraction of sp³-hybridized carbons (Fsp3) is 0.214. The number of aromatic nitrogens is 2. The number of rotatable bonds is 4. The van der Waals surface area contributed by atoms with Gasteiger partial charge in [-0.25, -0.2) is 0 Å². The zero-order valence-corrected chi connectivity index (χ0v) is 11.4. The summed E-state index contributed by atoms with van der Waals surface area (Å²) >= 11 is 0. The first-order chi connectivity index (χ1) is 9.61. The molecule has 0 fully saturated rings. The number of hydrogen-bond acceptors (Lipinski definition) is 5. The van der Waals surface area contributed by atoms with Crippen LogP contribution in [-0.4, -0.2) is 35.2 Å². The van der Waals surface area contributed by atoms with Crippen LogP contribution >= 0.6 is 0 Å². The molecule has 2 N–H and O–H groups in total. The summed E-state index contributed by atoms with van der Waals surface area (Å²) in [4.78, 5) is 13.8. The van der Waals surface area contributed by atoms with Crippen LogP contribution in [0.3, 0.4) is 0 Å². The molecule has 2 aromatic rings. The second kappa shape index (κ2) is 6.01. The third-order valence-corrected chi connectivity index (χ3v) is 2.85. The van der Waals surface area contributed by atoms with Gasteiger partial charge in [-0.1, -0.05) is 18.2 Å². The molecule has 6 nitrogen and oxygen atoms in total. The zero-order chi connectivity index (χ0) is 14.5. The minimum atomic E-state index is -0.219. The zero-order valence-electron chi connectivity index (χ0n) is 11.4. The maximum absolute atomic E-state index is 12.2. The number of nitrogens with two attached hydrogens (primary N) is 1. The number of nitrogens with zero attached hydrogens (tertiary/aromatic N) is 3. The molecule has 2 rings (SSSR count). The predicted octanol–water partition coefficient (Wildman–Crippen LogP) is 1.34. The Balaban J connectivity index is 2.13.